The second-order valence-electron chi connectivity index (χ2n) is 4.74. The predicted molar refractivity (Wildman–Crippen MR) is 75.6 cm³/mol. The van der Waals surface area contributed by atoms with E-state index in [1.165, 1.54) is 0 Å². The maximum absolute atomic E-state index is 12.7. The van der Waals surface area contributed by atoms with E-state index in [0.29, 0.717) is 5.76 Å². The van der Waals surface area contributed by atoms with Crippen molar-refractivity contribution in [2.45, 2.75) is 13.8 Å². The van der Waals surface area contributed by atoms with Crippen molar-refractivity contribution in [1.82, 2.24) is 0 Å². The molecule has 0 N–H and O–H groups in total. The number of rotatable bonds is 2. The molecule has 0 aliphatic carbocycles. The first-order valence-electron chi connectivity index (χ1n) is 6.25. The fourth-order valence-corrected chi connectivity index (χ4v) is 2.40. The van der Waals surface area contributed by atoms with Gasteiger partial charge in [0.05, 0.1) is 6.26 Å². The minimum Gasteiger partial charge on any atom is -0.461 e. The minimum atomic E-state index is -0.0446. The van der Waals surface area contributed by atoms with E-state index in [4.69, 9.17) is 4.42 Å². The SMILES string of the molecule is Cc1ccoc1C(=O)c1c(C)ccc2ccccc12. The molecule has 0 saturated carbocycles. The summed E-state index contributed by atoms with van der Waals surface area (Å²) in [5, 5.41) is 2.05. The summed E-state index contributed by atoms with van der Waals surface area (Å²) in [6.45, 7) is 3.84. The zero-order valence-electron chi connectivity index (χ0n) is 10.9. The van der Waals surface area contributed by atoms with Crippen LogP contribution in [-0.2, 0) is 0 Å². The Morgan fingerprint density at radius 2 is 1.74 bits per heavy atom. The van der Waals surface area contributed by atoms with Crippen molar-refractivity contribution in [3.63, 3.8) is 0 Å². The molecule has 3 aromatic rings. The Morgan fingerprint density at radius 1 is 0.947 bits per heavy atom. The topological polar surface area (TPSA) is 30.2 Å². The Balaban J connectivity index is 2.28. The monoisotopic (exact) mass is 250 g/mol. The van der Waals surface area contributed by atoms with E-state index < -0.39 is 0 Å². The number of aryl methyl sites for hydroxylation is 2. The average Bonchev–Trinajstić information content (AvgIpc) is 2.84. The van der Waals surface area contributed by atoms with Gasteiger partial charge in [-0.05, 0) is 41.8 Å². The maximum atomic E-state index is 12.7. The van der Waals surface area contributed by atoms with Crippen molar-refractivity contribution in [2.75, 3.05) is 0 Å². The first kappa shape index (κ1) is 11.7. The second kappa shape index (κ2) is 4.39. The molecule has 1 aromatic heterocycles. The van der Waals surface area contributed by atoms with Gasteiger partial charge in [0.15, 0.2) is 5.76 Å². The Kier molecular flexibility index (Phi) is 2.71. The van der Waals surface area contributed by atoms with Crippen molar-refractivity contribution in [1.29, 1.82) is 0 Å². The van der Waals surface area contributed by atoms with E-state index in [-0.39, 0.29) is 5.78 Å². The molecular formula is C17H14O2. The van der Waals surface area contributed by atoms with Crippen LogP contribution in [0, 0.1) is 13.8 Å². The zero-order chi connectivity index (χ0) is 13.4. The van der Waals surface area contributed by atoms with Crippen LogP contribution in [0.2, 0.25) is 0 Å². The third-order valence-corrected chi connectivity index (χ3v) is 3.43. The number of furan rings is 1. The van der Waals surface area contributed by atoms with Crippen molar-refractivity contribution in [2.24, 2.45) is 0 Å². The summed E-state index contributed by atoms with van der Waals surface area (Å²) < 4.78 is 5.33. The van der Waals surface area contributed by atoms with Crippen molar-refractivity contribution in [3.05, 3.63) is 71.2 Å². The smallest absolute Gasteiger partial charge is 0.229 e. The lowest BCUT2D eigenvalue weighted by molar-refractivity contribution is 0.101. The number of benzene rings is 2. The normalized spacial score (nSPS) is 10.8. The largest absolute Gasteiger partial charge is 0.461 e. The highest BCUT2D eigenvalue weighted by Gasteiger charge is 2.19. The summed E-state index contributed by atoms with van der Waals surface area (Å²) >= 11 is 0. The third kappa shape index (κ3) is 1.85. The molecule has 2 aromatic carbocycles. The number of fused-ring (bicyclic) bond motifs is 1. The van der Waals surface area contributed by atoms with E-state index >= 15 is 0 Å². The van der Waals surface area contributed by atoms with E-state index in [1.54, 1.807) is 6.26 Å². The number of carbonyl (C=O) groups is 1. The lowest BCUT2D eigenvalue weighted by Gasteiger charge is -2.08. The number of ketones is 1. The molecule has 2 nitrogen and oxygen atoms in total. The molecule has 0 unspecified atom stereocenters. The molecule has 1 heterocycles. The van der Waals surface area contributed by atoms with Crippen LogP contribution in [0.4, 0.5) is 0 Å². The molecule has 0 fully saturated rings. The molecule has 3 rings (SSSR count). The lowest BCUT2D eigenvalue weighted by atomic mass is 9.95. The van der Waals surface area contributed by atoms with Crippen LogP contribution in [0.3, 0.4) is 0 Å². The van der Waals surface area contributed by atoms with Gasteiger partial charge in [-0.15, -0.1) is 0 Å². The molecule has 94 valence electrons. The fourth-order valence-electron chi connectivity index (χ4n) is 2.40. The standard InChI is InChI=1S/C17H14O2/c1-11-7-8-13-5-3-4-6-14(13)15(11)16(18)17-12(2)9-10-19-17/h3-10H,1-2H3. The average molecular weight is 250 g/mol. The van der Waals surface area contributed by atoms with Gasteiger partial charge in [-0.1, -0.05) is 36.4 Å². The fraction of sp³-hybridized carbons (Fsp3) is 0.118. The molecule has 0 aliphatic rings. The molecule has 0 amide bonds. The summed E-state index contributed by atoms with van der Waals surface area (Å²) in [6, 6.07) is 13.8. The summed E-state index contributed by atoms with van der Waals surface area (Å²) in [5.74, 6) is 0.385. The van der Waals surface area contributed by atoms with Crippen molar-refractivity contribution >= 4 is 16.6 Å². The van der Waals surface area contributed by atoms with Crippen LogP contribution in [0.5, 0.6) is 0 Å². The van der Waals surface area contributed by atoms with Crippen LogP contribution in [0.1, 0.15) is 27.2 Å². The van der Waals surface area contributed by atoms with E-state index in [2.05, 4.69) is 0 Å². The van der Waals surface area contributed by atoms with Crippen LogP contribution in [0.15, 0.2) is 53.1 Å². The molecular weight excluding hydrogens is 236 g/mol. The van der Waals surface area contributed by atoms with Crippen molar-refractivity contribution in [3.8, 4) is 0 Å². The molecule has 0 radical (unpaired) electrons. The van der Waals surface area contributed by atoms with E-state index in [1.807, 2.05) is 56.3 Å². The lowest BCUT2D eigenvalue weighted by Crippen LogP contribution is -2.05. The molecule has 0 spiro atoms. The number of hydrogen-bond donors (Lipinski definition) is 0. The zero-order valence-corrected chi connectivity index (χ0v) is 10.9. The highest BCUT2D eigenvalue weighted by molar-refractivity contribution is 6.16. The van der Waals surface area contributed by atoms with E-state index in [9.17, 15) is 4.79 Å². The Bertz CT molecular complexity index is 766. The summed E-state index contributed by atoms with van der Waals surface area (Å²) in [7, 11) is 0. The third-order valence-electron chi connectivity index (χ3n) is 3.43. The van der Waals surface area contributed by atoms with Gasteiger partial charge in [-0.3, -0.25) is 4.79 Å². The minimum absolute atomic E-state index is 0.0446. The summed E-state index contributed by atoms with van der Waals surface area (Å²) in [4.78, 5) is 12.7. The van der Waals surface area contributed by atoms with Gasteiger partial charge in [-0.25, -0.2) is 0 Å². The maximum Gasteiger partial charge on any atom is 0.229 e. The van der Waals surface area contributed by atoms with E-state index in [0.717, 1.165) is 27.5 Å². The van der Waals surface area contributed by atoms with Gasteiger partial charge in [-0.2, -0.15) is 0 Å². The predicted octanol–water partition coefficient (Wildman–Crippen LogP) is 4.28. The number of carbonyl (C=O) groups excluding carboxylic acids is 1. The molecule has 0 atom stereocenters. The Morgan fingerprint density at radius 3 is 2.47 bits per heavy atom. The highest BCUT2D eigenvalue weighted by Crippen LogP contribution is 2.26. The highest BCUT2D eigenvalue weighted by atomic mass is 16.3. The number of hydrogen-bond acceptors (Lipinski definition) is 2. The van der Waals surface area contributed by atoms with Gasteiger partial charge in [0.2, 0.25) is 5.78 Å². The first-order chi connectivity index (χ1) is 9.18. The van der Waals surface area contributed by atoms with Gasteiger partial charge in [0, 0.05) is 5.56 Å². The van der Waals surface area contributed by atoms with Gasteiger partial charge in [0.25, 0.3) is 0 Å². The Hall–Kier alpha value is -2.35. The molecule has 0 saturated heterocycles. The molecule has 2 heteroatoms. The first-order valence-corrected chi connectivity index (χ1v) is 6.25. The van der Waals surface area contributed by atoms with Crippen LogP contribution < -0.4 is 0 Å². The quantitative estimate of drug-likeness (QED) is 0.635. The molecule has 19 heavy (non-hydrogen) atoms. The second-order valence-corrected chi connectivity index (χ2v) is 4.74. The van der Waals surface area contributed by atoms with Crippen LogP contribution in [0.25, 0.3) is 10.8 Å². The summed E-state index contributed by atoms with van der Waals surface area (Å²) in [6.07, 6.45) is 1.56. The van der Waals surface area contributed by atoms with Crippen molar-refractivity contribution < 1.29 is 9.21 Å². The van der Waals surface area contributed by atoms with Crippen LogP contribution >= 0.6 is 0 Å². The summed E-state index contributed by atoms with van der Waals surface area (Å²) in [5.41, 5.74) is 2.58. The van der Waals surface area contributed by atoms with Crippen LogP contribution in [-0.4, -0.2) is 5.78 Å². The molecule has 0 bridgehead atoms. The Labute approximate surface area is 111 Å². The van der Waals surface area contributed by atoms with Gasteiger partial charge >= 0.3 is 0 Å². The molecule has 0 aliphatic heterocycles. The van der Waals surface area contributed by atoms with Gasteiger partial charge in [0.1, 0.15) is 0 Å². The van der Waals surface area contributed by atoms with Gasteiger partial charge < -0.3 is 4.42 Å².